The summed E-state index contributed by atoms with van der Waals surface area (Å²) in [7, 11) is 6.78. The molecule has 5 aliphatic carbocycles. The molecule has 0 aromatic heterocycles. The van der Waals surface area contributed by atoms with Gasteiger partial charge in [-0.25, -0.2) is 4.79 Å². The molecule has 1 saturated heterocycles. The van der Waals surface area contributed by atoms with Crippen LogP contribution in [0.5, 0.6) is 5.75 Å². The molecule has 7 rings (SSSR count). The van der Waals surface area contributed by atoms with Gasteiger partial charge in [0.2, 0.25) is 0 Å². The van der Waals surface area contributed by atoms with Crippen molar-refractivity contribution in [3.8, 4) is 5.75 Å². The van der Waals surface area contributed by atoms with Crippen molar-refractivity contribution in [2.45, 2.75) is 82.5 Å². The average molecular weight is 656 g/mol. The van der Waals surface area contributed by atoms with E-state index >= 15 is 0 Å². The van der Waals surface area contributed by atoms with Crippen molar-refractivity contribution >= 4 is 17.9 Å². The third-order valence-corrected chi connectivity index (χ3v) is 13.2. The second-order valence-electron chi connectivity index (χ2n) is 14.8. The number of likely N-dealkylation sites (tertiary alicyclic amines) is 1. The molecular weight excluding hydrogens is 606 g/mol. The quantitative estimate of drug-likeness (QED) is 0.272. The molecule has 11 nitrogen and oxygen atoms in total. The first-order valence-corrected chi connectivity index (χ1v) is 17.1. The first kappa shape index (κ1) is 32.8. The van der Waals surface area contributed by atoms with Crippen LogP contribution in [-0.2, 0) is 38.0 Å². The summed E-state index contributed by atoms with van der Waals surface area (Å²) in [5, 5.41) is 0. The lowest BCUT2D eigenvalue weighted by Crippen LogP contribution is -2.77. The van der Waals surface area contributed by atoms with E-state index in [1.807, 2.05) is 0 Å². The van der Waals surface area contributed by atoms with Gasteiger partial charge in [0.1, 0.15) is 23.6 Å². The van der Waals surface area contributed by atoms with Gasteiger partial charge in [-0.2, -0.15) is 0 Å². The van der Waals surface area contributed by atoms with Crippen LogP contribution in [0.2, 0.25) is 0 Å². The van der Waals surface area contributed by atoms with E-state index in [1.165, 1.54) is 13.8 Å². The minimum atomic E-state index is -1.01. The molecule has 6 aliphatic rings. The normalized spacial score (nSPS) is 44.1. The highest BCUT2D eigenvalue weighted by molar-refractivity contribution is 5.89. The molecule has 5 saturated carbocycles. The smallest absolute Gasteiger partial charge is 0.338 e. The topological polar surface area (TPSA) is 119 Å². The van der Waals surface area contributed by atoms with Crippen molar-refractivity contribution in [3.63, 3.8) is 0 Å². The van der Waals surface area contributed by atoms with Gasteiger partial charge < -0.3 is 33.2 Å². The predicted octanol–water partition coefficient (Wildman–Crippen LogP) is 3.52. The lowest BCUT2D eigenvalue weighted by molar-refractivity contribution is -0.277. The second-order valence-corrected chi connectivity index (χ2v) is 14.8. The molecule has 1 heterocycles. The van der Waals surface area contributed by atoms with E-state index in [9.17, 15) is 14.4 Å². The Morgan fingerprint density at radius 2 is 1.68 bits per heavy atom. The highest BCUT2D eigenvalue weighted by Crippen LogP contribution is 2.80. The van der Waals surface area contributed by atoms with Gasteiger partial charge in [-0.15, -0.1) is 0 Å². The summed E-state index contributed by atoms with van der Waals surface area (Å²) in [5.74, 6) is -1.32. The lowest BCUT2D eigenvalue weighted by Gasteiger charge is -2.69. The van der Waals surface area contributed by atoms with Crippen LogP contribution < -0.4 is 4.74 Å². The Balaban J connectivity index is 1.46. The van der Waals surface area contributed by atoms with E-state index in [2.05, 4.69) is 11.8 Å². The molecule has 11 heteroatoms. The van der Waals surface area contributed by atoms with E-state index in [4.69, 9.17) is 33.2 Å². The Labute approximate surface area is 276 Å². The van der Waals surface area contributed by atoms with E-state index in [0.717, 1.165) is 19.5 Å². The number of methoxy groups -OCH3 is 4. The van der Waals surface area contributed by atoms with Crippen molar-refractivity contribution in [1.82, 2.24) is 4.90 Å². The lowest BCUT2D eigenvalue weighted by atomic mass is 9.43. The monoisotopic (exact) mass is 655 g/mol. The molecule has 47 heavy (non-hydrogen) atoms. The van der Waals surface area contributed by atoms with Crippen LogP contribution in [0.1, 0.15) is 56.8 Å². The van der Waals surface area contributed by atoms with Crippen molar-refractivity contribution in [3.05, 3.63) is 29.8 Å². The van der Waals surface area contributed by atoms with Gasteiger partial charge in [-0.05, 0) is 56.0 Å². The summed E-state index contributed by atoms with van der Waals surface area (Å²) in [6, 6.07) is 6.89. The summed E-state index contributed by atoms with van der Waals surface area (Å²) < 4.78 is 43.8. The highest BCUT2D eigenvalue weighted by Gasteiger charge is 2.88. The Kier molecular flexibility index (Phi) is 8.17. The predicted molar refractivity (Wildman–Crippen MR) is 168 cm³/mol. The zero-order valence-electron chi connectivity index (χ0n) is 28.6. The number of piperidine rings is 1. The highest BCUT2D eigenvalue weighted by atomic mass is 16.6. The zero-order valence-corrected chi connectivity index (χ0v) is 28.6. The van der Waals surface area contributed by atoms with Crippen molar-refractivity contribution < 1.29 is 47.5 Å². The van der Waals surface area contributed by atoms with Crippen LogP contribution in [0.25, 0.3) is 0 Å². The fourth-order valence-electron chi connectivity index (χ4n) is 12.5. The molecule has 7 bridgehead atoms. The van der Waals surface area contributed by atoms with Crippen LogP contribution in [0.15, 0.2) is 24.3 Å². The number of ether oxygens (including phenoxy) is 7. The molecule has 1 aromatic rings. The van der Waals surface area contributed by atoms with Gasteiger partial charge in [-0.3, -0.25) is 14.5 Å². The number of hydrogen-bond acceptors (Lipinski definition) is 11. The fourth-order valence-corrected chi connectivity index (χ4v) is 12.5. The number of fused-ring (bicyclic) bond motifs is 2. The van der Waals surface area contributed by atoms with E-state index in [1.54, 1.807) is 52.7 Å². The zero-order chi connectivity index (χ0) is 33.5. The number of carbonyl (C=O) groups is 3. The van der Waals surface area contributed by atoms with Crippen LogP contribution in [0, 0.1) is 40.4 Å². The first-order chi connectivity index (χ1) is 22.6. The third kappa shape index (κ3) is 4.34. The Bertz CT molecular complexity index is 1400. The molecular formula is C36H49NO10. The van der Waals surface area contributed by atoms with Crippen molar-refractivity contribution in [2.75, 3.05) is 48.1 Å². The van der Waals surface area contributed by atoms with E-state index < -0.39 is 23.2 Å². The van der Waals surface area contributed by atoms with E-state index in [-0.39, 0.29) is 71.2 Å². The van der Waals surface area contributed by atoms with Crippen molar-refractivity contribution in [1.29, 1.82) is 0 Å². The number of carbonyl (C=O) groups excluding carboxylic acids is 3. The minimum Gasteiger partial charge on any atom is -0.497 e. The molecule has 1 aromatic carbocycles. The SMILES string of the molecule is CCN1C[C@]2(COC)CCC(OC(=O)c3ccc(OC)cc3)C34[C@@H]5C[C@H]6C(OC(C)=O)[C@@H]5[C@](OC(C)=O)(C[C@@H]6OC)[C@@H](C(OC)[C@@H]32)[C@H]14. The Morgan fingerprint density at radius 3 is 2.28 bits per heavy atom. The summed E-state index contributed by atoms with van der Waals surface area (Å²) in [6.45, 7) is 7.17. The van der Waals surface area contributed by atoms with Gasteiger partial charge >= 0.3 is 17.9 Å². The molecule has 0 radical (unpaired) electrons. The summed E-state index contributed by atoms with van der Waals surface area (Å²) in [5.41, 5.74) is -1.42. The molecule has 6 fully saturated rings. The second kappa shape index (κ2) is 11.7. The first-order valence-electron chi connectivity index (χ1n) is 17.1. The van der Waals surface area contributed by atoms with Gasteiger partial charge in [0, 0.05) is 88.7 Å². The van der Waals surface area contributed by atoms with Gasteiger partial charge in [0.15, 0.2) is 0 Å². The summed E-state index contributed by atoms with van der Waals surface area (Å²) in [6.07, 6.45) is 1.05. The van der Waals surface area contributed by atoms with Crippen LogP contribution in [0.4, 0.5) is 0 Å². The maximum absolute atomic E-state index is 14.0. The Hall–Kier alpha value is -2.73. The van der Waals surface area contributed by atoms with Gasteiger partial charge in [0.05, 0.1) is 31.5 Å². The molecule has 258 valence electrons. The standard InChI is InChI=1S/C36H49NO10/c1-8-37-17-34(18-41-4)14-13-26(46-33(40)21-9-11-22(42-5)12-10-21)36-24-15-23-25(43-6)16-35(47-20(3)39,27(24)29(23)45-19(2)38)28(32(36)37)30(44-7)31(34)36/h9-12,23-32H,8,13-18H2,1-7H3/t23-,24-,25+,26?,27-,28+,29?,30?,31-,32+,34+,35-,36?/m1/s1. The number of rotatable bonds is 10. The van der Waals surface area contributed by atoms with Gasteiger partial charge in [0.25, 0.3) is 0 Å². The van der Waals surface area contributed by atoms with Crippen LogP contribution in [0.3, 0.4) is 0 Å². The summed E-state index contributed by atoms with van der Waals surface area (Å²) >= 11 is 0. The molecule has 13 atom stereocenters. The molecule has 0 N–H and O–H groups in total. The molecule has 1 spiro atoms. The average Bonchev–Trinajstić information content (AvgIpc) is 3.47. The minimum absolute atomic E-state index is 0.0547. The third-order valence-electron chi connectivity index (χ3n) is 13.2. The molecule has 4 unspecified atom stereocenters. The fraction of sp³-hybridized carbons (Fsp3) is 0.750. The molecule has 1 aliphatic heterocycles. The number of esters is 3. The van der Waals surface area contributed by atoms with Crippen LogP contribution in [-0.4, -0.2) is 107 Å². The maximum Gasteiger partial charge on any atom is 0.338 e. The number of benzene rings is 1. The van der Waals surface area contributed by atoms with Gasteiger partial charge in [-0.1, -0.05) is 6.92 Å². The van der Waals surface area contributed by atoms with Crippen LogP contribution >= 0.6 is 0 Å². The number of nitrogens with zero attached hydrogens (tertiary/aromatic N) is 1. The van der Waals surface area contributed by atoms with E-state index in [0.29, 0.717) is 37.2 Å². The molecule has 0 amide bonds. The number of hydrogen-bond donors (Lipinski definition) is 0. The Morgan fingerprint density at radius 1 is 0.936 bits per heavy atom. The van der Waals surface area contributed by atoms with Crippen molar-refractivity contribution in [2.24, 2.45) is 40.4 Å². The summed E-state index contributed by atoms with van der Waals surface area (Å²) in [4.78, 5) is 42.5. The maximum atomic E-state index is 14.0. The largest absolute Gasteiger partial charge is 0.497 e.